The molecule has 0 aromatic heterocycles. The number of alkyl halides is 1. The number of benzene rings is 1. The molecule has 1 fully saturated rings. The van der Waals surface area contributed by atoms with Gasteiger partial charge in [-0.15, -0.1) is 0 Å². The molecule has 1 atom stereocenters. The van der Waals surface area contributed by atoms with E-state index in [1.54, 1.807) is 12.1 Å². The van der Waals surface area contributed by atoms with Gasteiger partial charge in [0.2, 0.25) is 0 Å². The SMILES string of the molecule is O=[N+]([O-])c1ccc(CBr)cc1OCC1CCCO1. The van der Waals surface area contributed by atoms with Gasteiger partial charge in [-0.25, -0.2) is 0 Å². The van der Waals surface area contributed by atoms with Crippen molar-refractivity contribution in [2.75, 3.05) is 13.2 Å². The fraction of sp³-hybridized carbons (Fsp3) is 0.500. The highest BCUT2D eigenvalue weighted by Gasteiger charge is 2.20. The highest BCUT2D eigenvalue weighted by atomic mass is 79.9. The molecule has 18 heavy (non-hydrogen) atoms. The Morgan fingerprint density at radius 3 is 3.00 bits per heavy atom. The number of ether oxygens (including phenoxy) is 2. The fourth-order valence-electron chi connectivity index (χ4n) is 1.87. The standard InChI is InChI=1S/C12H14BrNO4/c13-7-9-3-4-11(14(15)16)12(6-9)18-8-10-2-1-5-17-10/h3-4,6,10H,1-2,5,7-8H2. The zero-order valence-electron chi connectivity index (χ0n) is 9.80. The zero-order chi connectivity index (χ0) is 13.0. The Labute approximate surface area is 113 Å². The molecule has 0 bridgehead atoms. The molecule has 0 amide bonds. The van der Waals surface area contributed by atoms with Crippen LogP contribution < -0.4 is 4.74 Å². The average Bonchev–Trinajstić information content (AvgIpc) is 2.88. The van der Waals surface area contributed by atoms with Crippen LogP contribution in [0.1, 0.15) is 18.4 Å². The molecule has 98 valence electrons. The van der Waals surface area contributed by atoms with Crippen LogP contribution in [-0.2, 0) is 10.1 Å². The van der Waals surface area contributed by atoms with Gasteiger partial charge in [-0.3, -0.25) is 10.1 Å². The third-order valence-corrected chi connectivity index (χ3v) is 3.47. The van der Waals surface area contributed by atoms with Gasteiger partial charge in [0.1, 0.15) is 6.61 Å². The fourth-order valence-corrected chi connectivity index (χ4v) is 2.22. The maximum Gasteiger partial charge on any atom is 0.310 e. The van der Waals surface area contributed by atoms with Gasteiger partial charge < -0.3 is 9.47 Å². The van der Waals surface area contributed by atoms with Gasteiger partial charge in [-0.05, 0) is 24.5 Å². The van der Waals surface area contributed by atoms with Crippen LogP contribution in [0.3, 0.4) is 0 Å². The van der Waals surface area contributed by atoms with E-state index in [4.69, 9.17) is 9.47 Å². The van der Waals surface area contributed by atoms with E-state index in [-0.39, 0.29) is 11.8 Å². The van der Waals surface area contributed by atoms with Gasteiger partial charge in [0, 0.05) is 18.0 Å². The summed E-state index contributed by atoms with van der Waals surface area (Å²) in [5.74, 6) is 0.312. The van der Waals surface area contributed by atoms with E-state index >= 15 is 0 Å². The second-order valence-electron chi connectivity index (χ2n) is 4.14. The lowest BCUT2D eigenvalue weighted by Crippen LogP contribution is -2.16. The third-order valence-electron chi connectivity index (χ3n) is 2.82. The molecule has 1 aliphatic heterocycles. The van der Waals surface area contributed by atoms with Crippen LogP contribution in [0.2, 0.25) is 0 Å². The molecule has 2 rings (SSSR count). The Morgan fingerprint density at radius 2 is 2.39 bits per heavy atom. The van der Waals surface area contributed by atoms with Crippen LogP contribution >= 0.6 is 15.9 Å². The van der Waals surface area contributed by atoms with Gasteiger partial charge in [-0.1, -0.05) is 22.0 Å². The predicted molar refractivity (Wildman–Crippen MR) is 70.2 cm³/mol. The maximum atomic E-state index is 10.9. The number of nitro groups is 1. The van der Waals surface area contributed by atoms with Crippen molar-refractivity contribution in [1.29, 1.82) is 0 Å². The quantitative estimate of drug-likeness (QED) is 0.476. The highest BCUT2D eigenvalue weighted by Crippen LogP contribution is 2.29. The molecular formula is C12H14BrNO4. The molecule has 1 aliphatic rings. The number of nitrogens with zero attached hydrogens (tertiary/aromatic N) is 1. The summed E-state index contributed by atoms with van der Waals surface area (Å²) >= 11 is 3.32. The molecule has 0 spiro atoms. The van der Waals surface area contributed by atoms with Crippen molar-refractivity contribution in [3.8, 4) is 5.75 Å². The van der Waals surface area contributed by atoms with E-state index in [0.29, 0.717) is 17.7 Å². The van der Waals surface area contributed by atoms with Crippen LogP contribution in [0, 0.1) is 10.1 Å². The summed E-state index contributed by atoms with van der Waals surface area (Å²) in [6.07, 6.45) is 2.03. The number of hydrogen-bond donors (Lipinski definition) is 0. The summed E-state index contributed by atoms with van der Waals surface area (Å²) in [7, 11) is 0. The number of rotatable bonds is 5. The molecule has 0 aliphatic carbocycles. The summed E-state index contributed by atoms with van der Waals surface area (Å²) in [6, 6.07) is 4.88. The predicted octanol–water partition coefficient (Wildman–Crippen LogP) is 3.05. The Hall–Kier alpha value is -1.14. The van der Waals surface area contributed by atoms with Crippen LogP contribution in [0.4, 0.5) is 5.69 Å². The number of halogens is 1. The first kappa shape index (κ1) is 13.3. The van der Waals surface area contributed by atoms with E-state index < -0.39 is 4.92 Å². The van der Waals surface area contributed by atoms with Gasteiger partial charge in [0.25, 0.3) is 0 Å². The zero-order valence-corrected chi connectivity index (χ0v) is 11.4. The summed E-state index contributed by atoms with van der Waals surface area (Å²) in [6.45, 7) is 1.12. The van der Waals surface area contributed by atoms with Crippen molar-refractivity contribution < 1.29 is 14.4 Å². The molecule has 1 heterocycles. The van der Waals surface area contributed by atoms with Crippen LogP contribution in [0.25, 0.3) is 0 Å². The molecule has 1 aromatic carbocycles. The van der Waals surface area contributed by atoms with E-state index in [0.717, 1.165) is 25.0 Å². The second-order valence-corrected chi connectivity index (χ2v) is 4.70. The minimum atomic E-state index is -0.428. The Balaban J connectivity index is 2.10. The largest absolute Gasteiger partial charge is 0.484 e. The lowest BCUT2D eigenvalue weighted by molar-refractivity contribution is -0.385. The lowest BCUT2D eigenvalue weighted by atomic mass is 10.2. The van der Waals surface area contributed by atoms with Gasteiger partial charge in [0.15, 0.2) is 5.75 Å². The van der Waals surface area contributed by atoms with Crippen molar-refractivity contribution in [2.45, 2.75) is 24.3 Å². The smallest absolute Gasteiger partial charge is 0.310 e. The Bertz CT molecular complexity index is 432. The van der Waals surface area contributed by atoms with Crippen molar-refractivity contribution >= 4 is 21.6 Å². The second kappa shape index (κ2) is 6.15. The normalized spacial score (nSPS) is 18.8. The first-order valence-corrected chi connectivity index (χ1v) is 6.90. The molecule has 0 N–H and O–H groups in total. The average molecular weight is 316 g/mol. The van der Waals surface area contributed by atoms with Crippen LogP contribution in [0.15, 0.2) is 18.2 Å². The summed E-state index contributed by atoms with van der Waals surface area (Å²) in [5, 5.41) is 11.5. The molecule has 0 saturated carbocycles. The molecule has 1 unspecified atom stereocenters. The van der Waals surface area contributed by atoms with E-state index in [9.17, 15) is 10.1 Å². The lowest BCUT2D eigenvalue weighted by Gasteiger charge is -2.12. The van der Waals surface area contributed by atoms with Gasteiger partial charge >= 0.3 is 5.69 Å². The van der Waals surface area contributed by atoms with Crippen LogP contribution in [-0.4, -0.2) is 24.2 Å². The van der Waals surface area contributed by atoms with E-state index in [1.807, 2.05) is 0 Å². The molecule has 1 saturated heterocycles. The van der Waals surface area contributed by atoms with Crippen molar-refractivity contribution in [3.05, 3.63) is 33.9 Å². The summed E-state index contributed by atoms with van der Waals surface area (Å²) in [4.78, 5) is 10.5. The Morgan fingerprint density at radius 1 is 1.56 bits per heavy atom. The van der Waals surface area contributed by atoms with Crippen molar-refractivity contribution in [2.24, 2.45) is 0 Å². The van der Waals surface area contributed by atoms with E-state index in [1.165, 1.54) is 6.07 Å². The highest BCUT2D eigenvalue weighted by molar-refractivity contribution is 9.08. The van der Waals surface area contributed by atoms with Crippen molar-refractivity contribution in [3.63, 3.8) is 0 Å². The maximum absolute atomic E-state index is 10.9. The minimum Gasteiger partial charge on any atom is -0.484 e. The first-order valence-electron chi connectivity index (χ1n) is 5.78. The van der Waals surface area contributed by atoms with Gasteiger partial charge in [0.05, 0.1) is 11.0 Å². The van der Waals surface area contributed by atoms with E-state index in [2.05, 4.69) is 15.9 Å². The summed E-state index contributed by atoms with van der Waals surface area (Å²) < 4.78 is 11.0. The van der Waals surface area contributed by atoms with Gasteiger partial charge in [-0.2, -0.15) is 0 Å². The Kier molecular flexibility index (Phi) is 4.54. The van der Waals surface area contributed by atoms with Crippen LogP contribution in [0.5, 0.6) is 5.75 Å². The van der Waals surface area contributed by atoms with Crippen molar-refractivity contribution in [1.82, 2.24) is 0 Å². The summed E-state index contributed by atoms with van der Waals surface area (Å²) in [5.41, 5.74) is 0.945. The monoisotopic (exact) mass is 315 g/mol. The number of nitro benzene ring substituents is 1. The number of hydrogen-bond acceptors (Lipinski definition) is 4. The molecule has 0 radical (unpaired) electrons. The topological polar surface area (TPSA) is 61.6 Å². The molecular weight excluding hydrogens is 302 g/mol. The minimum absolute atomic E-state index is 0.00213. The first-order chi connectivity index (χ1) is 8.70. The third kappa shape index (κ3) is 3.20. The molecule has 5 nitrogen and oxygen atoms in total. The molecule has 1 aromatic rings. The molecule has 6 heteroatoms.